The Morgan fingerprint density at radius 3 is 1.75 bits per heavy atom. The molecule has 2 aromatic rings. The summed E-state index contributed by atoms with van der Waals surface area (Å²) >= 11 is 0. The maximum Gasteiger partial charge on any atom is 0.330 e. The molecule has 0 saturated carbocycles. The molecule has 13 heteroatoms. The largest absolute Gasteiger partial charge is 0.493 e. The van der Waals surface area contributed by atoms with Crippen molar-refractivity contribution in [2.24, 2.45) is 0 Å². The van der Waals surface area contributed by atoms with Crippen molar-refractivity contribution in [3.63, 3.8) is 0 Å². The van der Waals surface area contributed by atoms with E-state index in [4.69, 9.17) is 33.5 Å². The first-order valence-electron chi connectivity index (χ1n) is 15.3. The van der Waals surface area contributed by atoms with Crippen molar-refractivity contribution in [3.8, 4) is 23.0 Å². The minimum atomic E-state index is -1.05. The molecule has 1 N–H and O–H groups in total. The summed E-state index contributed by atoms with van der Waals surface area (Å²) in [5.74, 6) is -1.20. The number of aliphatic carboxylic acids is 1. The number of unbranched alkanes of at least 4 members (excludes halogenated alkanes) is 3. The number of carboxylic acids is 1. The van der Waals surface area contributed by atoms with Gasteiger partial charge in [-0.2, -0.15) is 0 Å². The Balaban J connectivity index is 1.29. The Hall–Kier alpha value is -5.59. The second kappa shape index (κ2) is 19.8. The first kappa shape index (κ1) is 36.9. The van der Waals surface area contributed by atoms with E-state index in [1.165, 1.54) is 26.4 Å². The molecule has 0 atom stereocenters. The number of imide groups is 1. The number of hydrogen-bond donors (Lipinski definition) is 1. The fourth-order valence-corrected chi connectivity index (χ4v) is 4.30. The Labute approximate surface area is 278 Å². The molecule has 0 spiro atoms. The summed E-state index contributed by atoms with van der Waals surface area (Å²) in [5.41, 5.74) is 1.37. The van der Waals surface area contributed by atoms with Crippen LogP contribution in [0.25, 0.3) is 12.2 Å². The molecule has 2 amide bonds. The topological polar surface area (TPSA) is 164 Å². The van der Waals surface area contributed by atoms with E-state index < -0.39 is 29.7 Å². The summed E-state index contributed by atoms with van der Waals surface area (Å²) in [6.45, 7) is 0.694. The van der Waals surface area contributed by atoms with Crippen LogP contribution in [0.1, 0.15) is 43.2 Å². The number of benzene rings is 2. The SMILES string of the molecule is COc1cc(/C=C/C(=O)OCCCOc2ccc(/C=C/C(=O)O)cc2OC)ccc1OCCCCCCOC(=O)CN1C(=O)C=CC1=O. The van der Waals surface area contributed by atoms with Gasteiger partial charge >= 0.3 is 17.9 Å². The number of rotatable bonds is 21. The van der Waals surface area contributed by atoms with E-state index in [2.05, 4.69) is 0 Å². The molecular weight excluding hydrogens is 626 g/mol. The number of hydrogen-bond acceptors (Lipinski definition) is 11. The van der Waals surface area contributed by atoms with Gasteiger partial charge in [-0.1, -0.05) is 12.1 Å². The highest BCUT2D eigenvalue weighted by atomic mass is 16.5. The Morgan fingerprint density at radius 1 is 0.667 bits per heavy atom. The zero-order chi connectivity index (χ0) is 34.7. The maximum atomic E-state index is 12.2. The molecule has 13 nitrogen and oxygen atoms in total. The van der Waals surface area contributed by atoms with Crippen LogP contribution in [0.3, 0.4) is 0 Å². The summed E-state index contributed by atoms with van der Waals surface area (Å²) in [4.78, 5) is 58.5. The van der Waals surface area contributed by atoms with Crippen molar-refractivity contribution in [2.45, 2.75) is 32.1 Å². The van der Waals surface area contributed by atoms with Crippen LogP contribution in [0, 0.1) is 0 Å². The number of carbonyl (C=O) groups excluding carboxylic acids is 4. The van der Waals surface area contributed by atoms with Gasteiger partial charge < -0.3 is 33.5 Å². The van der Waals surface area contributed by atoms with Gasteiger partial charge in [0.05, 0.1) is 40.6 Å². The minimum Gasteiger partial charge on any atom is -0.493 e. The molecule has 3 rings (SSSR count). The van der Waals surface area contributed by atoms with E-state index in [0.29, 0.717) is 48.0 Å². The first-order valence-corrected chi connectivity index (χ1v) is 15.3. The highest BCUT2D eigenvalue weighted by Gasteiger charge is 2.26. The smallest absolute Gasteiger partial charge is 0.330 e. The molecule has 48 heavy (non-hydrogen) atoms. The summed E-state index contributed by atoms with van der Waals surface area (Å²) in [6, 6.07) is 10.3. The van der Waals surface area contributed by atoms with Gasteiger partial charge in [0.25, 0.3) is 11.8 Å². The number of ether oxygens (including phenoxy) is 6. The third-order valence-corrected chi connectivity index (χ3v) is 6.74. The number of carboxylic acid groups (broad SMARTS) is 1. The van der Waals surface area contributed by atoms with Gasteiger partial charge in [0.2, 0.25) is 0 Å². The zero-order valence-corrected chi connectivity index (χ0v) is 26.9. The van der Waals surface area contributed by atoms with Gasteiger partial charge in [-0.3, -0.25) is 19.3 Å². The van der Waals surface area contributed by atoms with Crippen molar-refractivity contribution in [2.75, 3.05) is 47.2 Å². The van der Waals surface area contributed by atoms with E-state index in [-0.39, 0.29) is 26.4 Å². The van der Waals surface area contributed by atoms with Crippen LogP contribution in [0.2, 0.25) is 0 Å². The predicted octanol–water partition coefficient (Wildman–Crippen LogP) is 4.23. The van der Waals surface area contributed by atoms with Crippen LogP contribution in [0.4, 0.5) is 0 Å². The molecule has 256 valence electrons. The highest BCUT2D eigenvalue weighted by Crippen LogP contribution is 2.30. The van der Waals surface area contributed by atoms with Gasteiger partial charge in [0.1, 0.15) is 6.54 Å². The van der Waals surface area contributed by atoms with Gasteiger partial charge in [-0.25, -0.2) is 9.59 Å². The molecule has 2 aromatic carbocycles. The van der Waals surface area contributed by atoms with Crippen LogP contribution in [-0.2, 0) is 33.4 Å². The lowest BCUT2D eigenvalue weighted by molar-refractivity contribution is -0.151. The molecule has 1 aliphatic heterocycles. The van der Waals surface area contributed by atoms with E-state index in [0.717, 1.165) is 48.0 Å². The first-order chi connectivity index (χ1) is 23.2. The second-order valence-electron chi connectivity index (χ2n) is 10.3. The molecule has 0 unspecified atom stereocenters. The summed E-state index contributed by atoms with van der Waals surface area (Å²) < 4.78 is 32.6. The normalized spacial score (nSPS) is 12.5. The molecule has 0 bridgehead atoms. The van der Waals surface area contributed by atoms with Crippen molar-refractivity contribution >= 4 is 41.9 Å². The molecule has 0 radical (unpaired) electrons. The van der Waals surface area contributed by atoms with Gasteiger partial charge in [-0.15, -0.1) is 0 Å². The van der Waals surface area contributed by atoms with Crippen LogP contribution in [0.5, 0.6) is 23.0 Å². The highest BCUT2D eigenvalue weighted by molar-refractivity contribution is 6.14. The van der Waals surface area contributed by atoms with E-state index in [1.807, 2.05) is 0 Å². The molecule has 1 heterocycles. The van der Waals surface area contributed by atoms with Crippen molar-refractivity contribution < 1.29 is 57.5 Å². The average Bonchev–Trinajstić information content (AvgIpc) is 3.39. The summed E-state index contributed by atoms with van der Waals surface area (Å²) in [6.07, 6.45) is 11.2. The van der Waals surface area contributed by atoms with E-state index in [9.17, 15) is 24.0 Å². The molecule has 0 aliphatic carbocycles. The predicted molar refractivity (Wildman–Crippen MR) is 174 cm³/mol. The lowest BCUT2D eigenvalue weighted by Gasteiger charge is -2.13. The number of amides is 2. The number of methoxy groups -OCH3 is 2. The van der Waals surface area contributed by atoms with Crippen LogP contribution in [0.15, 0.2) is 60.7 Å². The lowest BCUT2D eigenvalue weighted by atomic mass is 10.2. The number of carbonyl (C=O) groups is 5. The van der Waals surface area contributed by atoms with Crippen molar-refractivity contribution in [1.82, 2.24) is 4.90 Å². The molecule has 0 fully saturated rings. The monoisotopic (exact) mass is 665 g/mol. The van der Waals surface area contributed by atoms with Gasteiger partial charge in [-0.05, 0) is 73.2 Å². The minimum absolute atomic E-state index is 0.146. The Morgan fingerprint density at radius 2 is 1.19 bits per heavy atom. The van der Waals surface area contributed by atoms with Crippen molar-refractivity contribution in [1.29, 1.82) is 0 Å². The lowest BCUT2D eigenvalue weighted by Crippen LogP contribution is -2.35. The molecular formula is C35H39NO12. The Bertz CT molecular complexity index is 1510. The quantitative estimate of drug-likeness (QED) is 0.0875. The summed E-state index contributed by atoms with van der Waals surface area (Å²) in [7, 11) is 3.01. The van der Waals surface area contributed by atoms with Gasteiger partial charge in [0, 0.05) is 30.7 Å². The fourth-order valence-electron chi connectivity index (χ4n) is 4.30. The third kappa shape index (κ3) is 12.7. The average molecular weight is 666 g/mol. The number of nitrogens with zero attached hydrogens (tertiary/aromatic N) is 1. The van der Waals surface area contributed by atoms with E-state index >= 15 is 0 Å². The van der Waals surface area contributed by atoms with E-state index in [1.54, 1.807) is 42.5 Å². The molecule has 0 saturated heterocycles. The Kier molecular flexibility index (Phi) is 15.2. The second-order valence-corrected chi connectivity index (χ2v) is 10.3. The molecule has 0 aromatic heterocycles. The molecule has 1 aliphatic rings. The zero-order valence-electron chi connectivity index (χ0n) is 26.9. The fraction of sp³-hybridized carbons (Fsp3) is 0.343. The van der Waals surface area contributed by atoms with Crippen LogP contribution >= 0.6 is 0 Å². The third-order valence-electron chi connectivity index (χ3n) is 6.74. The maximum absolute atomic E-state index is 12.2. The standard InChI is InChI=1S/C35H39NO12/c1-43-29-22-25(10-16-33(39)40)8-12-28(29)46-20-7-21-47-34(41)17-11-26-9-13-27(30(23-26)44-2)45-18-5-3-4-6-19-48-35(42)24-36-31(37)14-15-32(36)38/h8-17,22-23H,3-7,18-21,24H2,1-2H3,(H,39,40)/b16-10+,17-11+. The van der Waals surface area contributed by atoms with Crippen LogP contribution < -0.4 is 18.9 Å². The number of esters is 2. The summed E-state index contributed by atoms with van der Waals surface area (Å²) in [5, 5.41) is 8.77. The van der Waals surface area contributed by atoms with Crippen molar-refractivity contribution in [3.05, 3.63) is 71.8 Å². The van der Waals surface area contributed by atoms with Gasteiger partial charge in [0.15, 0.2) is 23.0 Å². The van der Waals surface area contributed by atoms with Crippen LogP contribution in [-0.4, -0.2) is 86.9 Å².